The number of hydrogen-bond donors (Lipinski definition) is 2. The van der Waals surface area contributed by atoms with Gasteiger partial charge in [-0.25, -0.2) is 0 Å². The fraction of sp³-hybridized carbons (Fsp3) is 0.385. The maximum atomic E-state index is 11.8. The predicted octanol–water partition coefficient (Wildman–Crippen LogP) is 0.937. The average Bonchev–Trinajstić information content (AvgIpc) is 3.16. The molecule has 18 heavy (non-hydrogen) atoms. The molecule has 0 radical (unpaired) electrons. The molecule has 0 heterocycles. The van der Waals surface area contributed by atoms with Gasteiger partial charge in [0, 0.05) is 0 Å². The van der Waals surface area contributed by atoms with Gasteiger partial charge in [0.2, 0.25) is 0 Å². The zero-order valence-corrected chi connectivity index (χ0v) is 9.89. The topological polar surface area (TPSA) is 75.6 Å². The molecule has 0 unspecified atom stereocenters. The Hall–Kier alpha value is -1.88. The number of rotatable bonds is 6. The molecule has 5 heteroatoms. The molecule has 2 rings (SSSR count). The number of hydrogen-bond acceptors (Lipinski definition) is 4. The number of carboxylic acid groups (broad SMARTS) is 1. The highest BCUT2D eigenvalue weighted by Crippen LogP contribution is 2.36. The van der Waals surface area contributed by atoms with Crippen LogP contribution in [0.2, 0.25) is 0 Å². The summed E-state index contributed by atoms with van der Waals surface area (Å²) in [6, 6.07) is 9.38. The van der Waals surface area contributed by atoms with E-state index < -0.39 is 11.5 Å². The largest absolute Gasteiger partial charge is 0.480 e. The van der Waals surface area contributed by atoms with Crippen LogP contribution < -0.4 is 5.32 Å². The average molecular weight is 249 g/mol. The third kappa shape index (κ3) is 3.07. The van der Waals surface area contributed by atoms with E-state index in [4.69, 9.17) is 9.84 Å². The minimum Gasteiger partial charge on any atom is -0.480 e. The maximum absolute atomic E-state index is 11.8. The second-order valence-electron chi connectivity index (χ2n) is 4.39. The van der Waals surface area contributed by atoms with Crippen LogP contribution in [0.1, 0.15) is 18.4 Å². The molecule has 0 bridgehead atoms. The maximum Gasteiger partial charge on any atom is 0.326 e. The van der Waals surface area contributed by atoms with Crippen LogP contribution in [0.25, 0.3) is 0 Å². The first-order valence-electron chi connectivity index (χ1n) is 5.80. The molecule has 1 aromatic carbocycles. The van der Waals surface area contributed by atoms with E-state index in [9.17, 15) is 9.59 Å². The Morgan fingerprint density at radius 3 is 2.50 bits per heavy atom. The molecule has 1 fully saturated rings. The van der Waals surface area contributed by atoms with Crippen LogP contribution in [0.15, 0.2) is 30.3 Å². The number of ether oxygens (including phenoxy) is 1. The van der Waals surface area contributed by atoms with E-state index in [1.165, 1.54) is 0 Å². The second kappa shape index (κ2) is 5.18. The van der Waals surface area contributed by atoms with Crippen LogP contribution in [0, 0.1) is 0 Å². The monoisotopic (exact) mass is 249 g/mol. The van der Waals surface area contributed by atoms with Crippen molar-refractivity contribution in [2.45, 2.75) is 25.0 Å². The molecular weight excluding hydrogens is 234 g/mol. The first-order valence-corrected chi connectivity index (χ1v) is 5.80. The molecule has 0 atom stereocenters. The van der Waals surface area contributed by atoms with E-state index in [2.05, 4.69) is 5.32 Å². The summed E-state index contributed by atoms with van der Waals surface area (Å²) in [5.74, 6) is -1.34. The van der Waals surface area contributed by atoms with Crippen molar-refractivity contribution in [3.8, 4) is 0 Å². The second-order valence-corrected chi connectivity index (χ2v) is 4.39. The number of esters is 1. The van der Waals surface area contributed by atoms with Crippen LogP contribution in [0.3, 0.4) is 0 Å². The number of carbonyl (C=O) groups is 2. The van der Waals surface area contributed by atoms with Crippen molar-refractivity contribution in [2.24, 2.45) is 0 Å². The highest BCUT2D eigenvalue weighted by atomic mass is 16.5. The lowest BCUT2D eigenvalue weighted by Gasteiger charge is -2.14. The van der Waals surface area contributed by atoms with Gasteiger partial charge in [0.1, 0.15) is 12.1 Å². The standard InChI is InChI=1S/C13H15NO4/c15-11(16)8-14-13(6-7-13)12(17)18-9-10-4-2-1-3-5-10/h1-5,14H,6-9H2,(H,15,16). The molecule has 96 valence electrons. The Labute approximate surface area is 105 Å². The lowest BCUT2D eigenvalue weighted by molar-refractivity contribution is -0.149. The number of nitrogens with one attached hydrogen (secondary N) is 1. The lowest BCUT2D eigenvalue weighted by Crippen LogP contribution is -2.43. The van der Waals surface area contributed by atoms with E-state index in [1.54, 1.807) is 0 Å². The zero-order chi connectivity index (χ0) is 13.0. The first kappa shape index (κ1) is 12.6. The van der Waals surface area contributed by atoms with Crippen LogP contribution in [0.4, 0.5) is 0 Å². The minimum absolute atomic E-state index is 0.218. The molecule has 5 nitrogen and oxygen atoms in total. The quantitative estimate of drug-likeness (QED) is 0.734. The summed E-state index contributed by atoms with van der Waals surface area (Å²) in [4.78, 5) is 22.3. The van der Waals surface area contributed by atoms with Crippen LogP contribution in [0.5, 0.6) is 0 Å². The highest BCUT2D eigenvalue weighted by molar-refractivity contribution is 5.85. The number of carbonyl (C=O) groups excluding carboxylic acids is 1. The van der Waals surface area contributed by atoms with E-state index in [0.29, 0.717) is 12.8 Å². The van der Waals surface area contributed by atoms with Crippen molar-refractivity contribution in [3.63, 3.8) is 0 Å². The summed E-state index contributed by atoms with van der Waals surface area (Å²) in [6.07, 6.45) is 1.27. The molecule has 1 aliphatic rings. The van der Waals surface area contributed by atoms with Crippen molar-refractivity contribution < 1.29 is 19.4 Å². The minimum atomic E-state index is -0.975. The fourth-order valence-electron chi connectivity index (χ4n) is 1.68. The Morgan fingerprint density at radius 1 is 1.28 bits per heavy atom. The summed E-state index contributed by atoms with van der Waals surface area (Å²) < 4.78 is 5.19. The van der Waals surface area contributed by atoms with E-state index in [-0.39, 0.29) is 19.1 Å². The van der Waals surface area contributed by atoms with Crippen molar-refractivity contribution in [2.75, 3.05) is 6.54 Å². The molecule has 0 amide bonds. The van der Waals surface area contributed by atoms with Crippen LogP contribution >= 0.6 is 0 Å². The summed E-state index contributed by atoms with van der Waals surface area (Å²) in [5, 5.41) is 11.3. The third-order valence-electron chi connectivity index (χ3n) is 2.93. The number of benzene rings is 1. The molecule has 1 saturated carbocycles. The van der Waals surface area contributed by atoms with Crippen molar-refractivity contribution in [3.05, 3.63) is 35.9 Å². The van der Waals surface area contributed by atoms with Gasteiger partial charge in [-0.05, 0) is 18.4 Å². The fourth-order valence-corrected chi connectivity index (χ4v) is 1.68. The van der Waals surface area contributed by atoms with Gasteiger partial charge in [-0.1, -0.05) is 30.3 Å². The van der Waals surface area contributed by atoms with E-state index in [1.807, 2.05) is 30.3 Å². The molecule has 0 aromatic heterocycles. The molecule has 2 N–H and O–H groups in total. The molecule has 0 spiro atoms. The molecule has 1 aromatic rings. The molecule has 0 aliphatic heterocycles. The van der Waals surface area contributed by atoms with E-state index in [0.717, 1.165) is 5.56 Å². The summed E-state index contributed by atoms with van der Waals surface area (Å²) in [6.45, 7) is -0.00336. The number of aliphatic carboxylic acids is 1. The smallest absolute Gasteiger partial charge is 0.326 e. The van der Waals surface area contributed by atoms with Gasteiger partial charge in [0.25, 0.3) is 0 Å². The SMILES string of the molecule is O=C(O)CNC1(C(=O)OCc2ccccc2)CC1. The van der Waals surface area contributed by atoms with Gasteiger partial charge >= 0.3 is 11.9 Å². The van der Waals surface area contributed by atoms with Crippen LogP contribution in [-0.2, 0) is 20.9 Å². The van der Waals surface area contributed by atoms with Crippen LogP contribution in [-0.4, -0.2) is 29.1 Å². The van der Waals surface area contributed by atoms with Gasteiger partial charge in [-0.3, -0.25) is 14.9 Å². The van der Waals surface area contributed by atoms with Gasteiger partial charge in [0.15, 0.2) is 0 Å². The Kier molecular flexibility index (Phi) is 3.62. The van der Waals surface area contributed by atoms with Gasteiger partial charge in [-0.15, -0.1) is 0 Å². The van der Waals surface area contributed by atoms with Crippen molar-refractivity contribution in [1.82, 2.24) is 5.32 Å². The first-order chi connectivity index (χ1) is 8.62. The number of carboxylic acids is 1. The zero-order valence-electron chi connectivity index (χ0n) is 9.89. The van der Waals surface area contributed by atoms with E-state index >= 15 is 0 Å². The van der Waals surface area contributed by atoms with Crippen molar-refractivity contribution in [1.29, 1.82) is 0 Å². The molecule has 0 saturated heterocycles. The molecular formula is C13H15NO4. The van der Waals surface area contributed by atoms with Gasteiger partial charge < -0.3 is 9.84 Å². The highest BCUT2D eigenvalue weighted by Gasteiger charge is 2.51. The Bertz CT molecular complexity index is 440. The summed E-state index contributed by atoms with van der Waals surface area (Å²) in [7, 11) is 0. The summed E-state index contributed by atoms with van der Waals surface area (Å²) >= 11 is 0. The molecule has 1 aliphatic carbocycles. The van der Waals surface area contributed by atoms with Crippen molar-refractivity contribution >= 4 is 11.9 Å². The Morgan fingerprint density at radius 2 is 1.94 bits per heavy atom. The normalized spacial score (nSPS) is 16.0. The third-order valence-corrected chi connectivity index (χ3v) is 2.93. The summed E-state index contributed by atoms with van der Waals surface area (Å²) in [5.41, 5.74) is 0.146. The van der Waals surface area contributed by atoms with Gasteiger partial charge in [-0.2, -0.15) is 0 Å². The van der Waals surface area contributed by atoms with Gasteiger partial charge in [0.05, 0.1) is 6.54 Å². The lowest BCUT2D eigenvalue weighted by atomic mass is 10.2. The Balaban J connectivity index is 1.83. The predicted molar refractivity (Wildman–Crippen MR) is 63.8 cm³/mol.